The van der Waals surface area contributed by atoms with Crippen molar-refractivity contribution in [1.82, 2.24) is 14.5 Å². The first kappa shape index (κ1) is 14.6. The first-order chi connectivity index (χ1) is 10.0. The van der Waals surface area contributed by atoms with Crippen molar-refractivity contribution >= 4 is 5.91 Å². The summed E-state index contributed by atoms with van der Waals surface area (Å²) >= 11 is 0. The van der Waals surface area contributed by atoms with Crippen LogP contribution in [0.1, 0.15) is 45.4 Å². The van der Waals surface area contributed by atoms with Crippen molar-refractivity contribution < 1.29 is 9.90 Å². The molecule has 1 amide bonds. The number of aromatic nitrogens is 2. The molecule has 0 spiro atoms. The third kappa shape index (κ3) is 2.59. The zero-order chi connectivity index (χ0) is 15.0. The highest BCUT2D eigenvalue weighted by atomic mass is 16.3. The van der Waals surface area contributed by atoms with Crippen LogP contribution in [0.2, 0.25) is 0 Å². The molecule has 1 aromatic heterocycles. The average molecular weight is 291 g/mol. The Balaban J connectivity index is 1.71. The predicted octanol–water partition coefficient (Wildman–Crippen LogP) is 1.60. The minimum Gasteiger partial charge on any atom is -0.393 e. The molecule has 0 aromatic carbocycles. The Bertz CT molecular complexity index is 527. The van der Waals surface area contributed by atoms with E-state index in [0.717, 1.165) is 44.5 Å². The number of carbonyl (C=O) groups is 1. The molecular weight excluding hydrogens is 266 g/mol. The van der Waals surface area contributed by atoms with Crippen LogP contribution in [0.15, 0.2) is 12.4 Å². The van der Waals surface area contributed by atoms with Crippen LogP contribution in [0.4, 0.5) is 0 Å². The van der Waals surface area contributed by atoms with E-state index in [1.165, 1.54) is 0 Å². The Hall–Kier alpha value is -1.36. The van der Waals surface area contributed by atoms with Crippen molar-refractivity contribution in [2.45, 2.75) is 64.6 Å². The van der Waals surface area contributed by atoms with Gasteiger partial charge in [0.15, 0.2) is 0 Å². The Kier molecular flexibility index (Phi) is 3.78. The molecule has 2 aliphatic rings. The van der Waals surface area contributed by atoms with Crippen molar-refractivity contribution in [2.75, 3.05) is 6.54 Å². The molecule has 3 rings (SSSR count). The van der Waals surface area contributed by atoms with Crippen molar-refractivity contribution in [3.63, 3.8) is 0 Å². The number of fused-ring (bicyclic) bond motifs is 1. The molecule has 116 valence electrons. The van der Waals surface area contributed by atoms with Gasteiger partial charge in [0, 0.05) is 31.4 Å². The second-order valence-corrected chi connectivity index (χ2v) is 6.77. The van der Waals surface area contributed by atoms with E-state index in [1.54, 1.807) is 6.20 Å². The number of aliphatic hydroxyl groups excluding tert-OH is 1. The Morgan fingerprint density at radius 2 is 2.33 bits per heavy atom. The summed E-state index contributed by atoms with van der Waals surface area (Å²) in [7, 11) is 0. The van der Waals surface area contributed by atoms with Gasteiger partial charge in [-0.1, -0.05) is 13.8 Å². The molecule has 2 heterocycles. The molecule has 5 heteroatoms. The van der Waals surface area contributed by atoms with Gasteiger partial charge >= 0.3 is 0 Å². The highest BCUT2D eigenvalue weighted by Crippen LogP contribution is 2.46. The molecule has 5 nitrogen and oxygen atoms in total. The number of hydrogen-bond acceptors (Lipinski definition) is 3. The minimum atomic E-state index is -0.193. The lowest BCUT2D eigenvalue weighted by molar-refractivity contribution is -0.135. The van der Waals surface area contributed by atoms with Crippen LogP contribution in [0.25, 0.3) is 0 Å². The van der Waals surface area contributed by atoms with Gasteiger partial charge in [-0.3, -0.25) is 4.79 Å². The van der Waals surface area contributed by atoms with E-state index in [9.17, 15) is 9.90 Å². The lowest BCUT2D eigenvalue weighted by Crippen LogP contribution is -2.47. The SMILES string of the molecule is CCc1nccn1CC(=O)N1CC[C@@]2(C)C[C@H](O)CC[C@@H]12. The van der Waals surface area contributed by atoms with Crippen LogP contribution in [0.3, 0.4) is 0 Å². The molecule has 1 aliphatic heterocycles. The fourth-order valence-corrected chi connectivity index (χ4v) is 4.14. The molecule has 1 aliphatic carbocycles. The van der Waals surface area contributed by atoms with Gasteiger partial charge in [-0.2, -0.15) is 0 Å². The van der Waals surface area contributed by atoms with Crippen LogP contribution < -0.4 is 0 Å². The van der Waals surface area contributed by atoms with Crippen molar-refractivity contribution in [3.05, 3.63) is 18.2 Å². The normalized spacial score (nSPS) is 32.2. The van der Waals surface area contributed by atoms with Crippen LogP contribution in [-0.4, -0.2) is 44.2 Å². The molecule has 1 saturated heterocycles. The molecular formula is C16H25N3O2. The van der Waals surface area contributed by atoms with E-state index in [1.807, 2.05) is 15.7 Å². The third-order valence-electron chi connectivity index (χ3n) is 5.32. The number of aryl methyl sites for hydroxylation is 1. The number of carbonyl (C=O) groups excluding carboxylic acids is 1. The maximum absolute atomic E-state index is 12.7. The summed E-state index contributed by atoms with van der Waals surface area (Å²) in [4.78, 5) is 19.0. The number of likely N-dealkylation sites (tertiary alicyclic amines) is 1. The number of aliphatic hydroxyl groups is 1. The van der Waals surface area contributed by atoms with Gasteiger partial charge in [0.2, 0.25) is 5.91 Å². The molecule has 0 unspecified atom stereocenters. The monoisotopic (exact) mass is 291 g/mol. The van der Waals surface area contributed by atoms with E-state index < -0.39 is 0 Å². The fourth-order valence-electron chi connectivity index (χ4n) is 4.14. The molecule has 1 saturated carbocycles. The predicted molar refractivity (Wildman–Crippen MR) is 79.7 cm³/mol. The number of rotatable bonds is 3. The van der Waals surface area contributed by atoms with Gasteiger partial charge < -0.3 is 14.6 Å². The molecule has 1 N–H and O–H groups in total. The van der Waals surface area contributed by atoms with Crippen molar-refractivity contribution in [3.8, 4) is 0 Å². The molecule has 0 radical (unpaired) electrons. The summed E-state index contributed by atoms with van der Waals surface area (Å²) < 4.78 is 1.95. The van der Waals surface area contributed by atoms with Crippen molar-refractivity contribution in [1.29, 1.82) is 0 Å². The molecule has 1 aromatic rings. The smallest absolute Gasteiger partial charge is 0.242 e. The maximum atomic E-state index is 12.7. The lowest BCUT2D eigenvalue weighted by atomic mass is 9.71. The highest BCUT2D eigenvalue weighted by Gasteiger charge is 2.48. The third-order valence-corrected chi connectivity index (χ3v) is 5.32. The Labute approximate surface area is 126 Å². The van der Waals surface area contributed by atoms with E-state index in [-0.39, 0.29) is 17.4 Å². The summed E-state index contributed by atoms with van der Waals surface area (Å²) in [6.07, 6.45) is 7.87. The van der Waals surface area contributed by atoms with E-state index in [4.69, 9.17) is 0 Å². The van der Waals surface area contributed by atoms with Crippen LogP contribution in [0.5, 0.6) is 0 Å². The van der Waals surface area contributed by atoms with Crippen molar-refractivity contribution in [2.24, 2.45) is 5.41 Å². The van der Waals surface area contributed by atoms with E-state index in [0.29, 0.717) is 12.6 Å². The second-order valence-electron chi connectivity index (χ2n) is 6.77. The Morgan fingerprint density at radius 1 is 1.52 bits per heavy atom. The molecule has 0 bridgehead atoms. The quantitative estimate of drug-likeness (QED) is 0.920. The van der Waals surface area contributed by atoms with Gasteiger partial charge in [-0.05, 0) is 31.1 Å². The standard InChI is InChI=1S/C16H25N3O2/c1-3-14-17-7-9-18(14)11-15(21)19-8-6-16(2)10-12(20)4-5-13(16)19/h7,9,12-13,20H,3-6,8,10-11H2,1-2H3/t12-,13-,16+/m1/s1. The zero-order valence-electron chi connectivity index (χ0n) is 13.0. The summed E-state index contributed by atoms with van der Waals surface area (Å²) in [5.74, 6) is 1.15. The topological polar surface area (TPSA) is 58.4 Å². The lowest BCUT2D eigenvalue weighted by Gasteiger charge is -2.41. The van der Waals surface area contributed by atoms with E-state index in [2.05, 4.69) is 18.8 Å². The summed E-state index contributed by atoms with van der Waals surface area (Å²) in [5.41, 5.74) is 0.0931. The zero-order valence-corrected chi connectivity index (χ0v) is 13.0. The van der Waals surface area contributed by atoms with Gasteiger partial charge in [0.1, 0.15) is 12.4 Å². The van der Waals surface area contributed by atoms with Crippen LogP contribution >= 0.6 is 0 Å². The first-order valence-electron chi connectivity index (χ1n) is 8.01. The Morgan fingerprint density at radius 3 is 3.10 bits per heavy atom. The summed E-state index contributed by atoms with van der Waals surface area (Å²) in [6.45, 7) is 5.49. The minimum absolute atomic E-state index is 0.0931. The van der Waals surface area contributed by atoms with Crippen LogP contribution in [0, 0.1) is 5.41 Å². The number of nitrogens with zero attached hydrogens (tertiary/aromatic N) is 3. The molecule has 2 fully saturated rings. The van der Waals surface area contributed by atoms with Gasteiger partial charge in [-0.25, -0.2) is 4.98 Å². The summed E-state index contributed by atoms with van der Waals surface area (Å²) in [6, 6.07) is 0.294. The largest absolute Gasteiger partial charge is 0.393 e. The van der Waals surface area contributed by atoms with Gasteiger partial charge in [0.25, 0.3) is 0 Å². The fraction of sp³-hybridized carbons (Fsp3) is 0.750. The summed E-state index contributed by atoms with van der Waals surface area (Å²) in [5, 5.41) is 9.91. The number of imidazole rings is 1. The molecule has 3 atom stereocenters. The highest BCUT2D eigenvalue weighted by molar-refractivity contribution is 5.77. The van der Waals surface area contributed by atoms with Gasteiger partial charge in [-0.15, -0.1) is 0 Å². The average Bonchev–Trinajstić information content (AvgIpc) is 3.01. The first-order valence-corrected chi connectivity index (χ1v) is 8.01. The van der Waals surface area contributed by atoms with Gasteiger partial charge in [0.05, 0.1) is 6.10 Å². The second kappa shape index (κ2) is 5.44. The van der Waals surface area contributed by atoms with E-state index >= 15 is 0 Å². The number of hydrogen-bond donors (Lipinski definition) is 1. The molecule has 21 heavy (non-hydrogen) atoms. The number of amides is 1. The maximum Gasteiger partial charge on any atom is 0.242 e. The van der Waals surface area contributed by atoms with Crippen LogP contribution in [-0.2, 0) is 17.8 Å².